The van der Waals surface area contributed by atoms with E-state index in [-0.39, 0.29) is 6.04 Å². The van der Waals surface area contributed by atoms with Crippen molar-refractivity contribution >= 4 is 10.0 Å². The zero-order valence-corrected chi connectivity index (χ0v) is 13.4. The zero-order valence-electron chi connectivity index (χ0n) is 12.6. The molecule has 1 aromatic rings. The van der Waals surface area contributed by atoms with Crippen molar-refractivity contribution < 1.29 is 8.42 Å². The Kier molecular flexibility index (Phi) is 4.52. The molecule has 1 N–H and O–H groups in total. The first-order valence-electron chi connectivity index (χ1n) is 7.09. The first-order valence-corrected chi connectivity index (χ1v) is 8.54. The molecule has 0 heterocycles. The van der Waals surface area contributed by atoms with Crippen molar-refractivity contribution in [2.75, 3.05) is 20.6 Å². The first kappa shape index (κ1) is 15.5. The molecule has 1 aromatic carbocycles. The van der Waals surface area contributed by atoms with Gasteiger partial charge >= 0.3 is 0 Å². The van der Waals surface area contributed by atoms with E-state index in [0.29, 0.717) is 23.3 Å². The Morgan fingerprint density at radius 1 is 1.45 bits per heavy atom. The summed E-state index contributed by atoms with van der Waals surface area (Å²) in [4.78, 5) is 0.382. The van der Waals surface area contributed by atoms with E-state index in [1.807, 2.05) is 26.1 Å². The Labute approximate surface area is 122 Å². The lowest BCUT2D eigenvalue weighted by Gasteiger charge is -2.18. The number of nitrogens with one attached hydrogen (secondary N) is 1. The van der Waals surface area contributed by atoms with E-state index >= 15 is 0 Å². The van der Waals surface area contributed by atoms with Crippen LogP contribution in [0.15, 0.2) is 29.2 Å². The molecule has 1 fully saturated rings. The van der Waals surface area contributed by atoms with Crippen molar-refractivity contribution in [1.82, 2.24) is 9.62 Å². The molecule has 5 heteroatoms. The third kappa shape index (κ3) is 3.22. The third-order valence-electron chi connectivity index (χ3n) is 4.27. The van der Waals surface area contributed by atoms with Crippen LogP contribution in [0.25, 0.3) is 0 Å². The molecule has 2 rings (SSSR count). The van der Waals surface area contributed by atoms with Gasteiger partial charge in [-0.15, -0.1) is 0 Å². The van der Waals surface area contributed by atoms with Gasteiger partial charge in [-0.2, -0.15) is 0 Å². The lowest BCUT2D eigenvalue weighted by molar-refractivity contribution is 0.444. The largest absolute Gasteiger partial charge is 0.313 e. The standard InChI is InChI=1S/C15H24N2O2S/c1-11-8-14(11)10-17(4)20(18,19)15-7-5-6-13(9-15)12(2)16-3/h5-7,9,11-12,14,16H,8,10H2,1-4H3. The van der Waals surface area contributed by atoms with E-state index in [4.69, 9.17) is 0 Å². The maximum absolute atomic E-state index is 12.6. The Morgan fingerprint density at radius 2 is 2.10 bits per heavy atom. The third-order valence-corrected chi connectivity index (χ3v) is 6.09. The summed E-state index contributed by atoms with van der Waals surface area (Å²) < 4.78 is 26.6. The van der Waals surface area contributed by atoms with Crippen LogP contribution in [0.4, 0.5) is 0 Å². The summed E-state index contributed by atoms with van der Waals surface area (Å²) in [5.41, 5.74) is 0.988. The maximum Gasteiger partial charge on any atom is 0.242 e. The smallest absolute Gasteiger partial charge is 0.242 e. The van der Waals surface area contributed by atoms with Gasteiger partial charge in [-0.3, -0.25) is 0 Å². The normalized spacial score (nSPS) is 23.9. The minimum absolute atomic E-state index is 0.138. The molecule has 1 aliphatic carbocycles. The molecule has 0 aromatic heterocycles. The zero-order chi connectivity index (χ0) is 14.9. The molecule has 0 saturated heterocycles. The van der Waals surface area contributed by atoms with Crippen LogP contribution in [0.3, 0.4) is 0 Å². The van der Waals surface area contributed by atoms with Gasteiger partial charge in [-0.05, 0) is 49.9 Å². The molecule has 112 valence electrons. The fraction of sp³-hybridized carbons (Fsp3) is 0.600. The second-order valence-electron chi connectivity index (χ2n) is 5.84. The van der Waals surface area contributed by atoms with Crippen LogP contribution in [0, 0.1) is 11.8 Å². The van der Waals surface area contributed by atoms with Gasteiger partial charge in [-0.1, -0.05) is 19.1 Å². The second kappa shape index (κ2) is 5.84. The molecular formula is C15H24N2O2S. The minimum atomic E-state index is -3.38. The monoisotopic (exact) mass is 296 g/mol. The highest BCUT2D eigenvalue weighted by atomic mass is 32.2. The van der Waals surface area contributed by atoms with E-state index in [1.54, 1.807) is 19.2 Å². The minimum Gasteiger partial charge on any atom is -0.313 e. The predicted molar refractivity (Wildman–Crippen MR) is 81.0 cm³/mol. The lowest BCUT2D eigenvalue weighted by atomic mass is 10.1. The van der Waals surface area contributed by atoms with Crippen molar-refractivity contribution in [2.45, 2.75) is 31.2 Å². The quantitative estimate of drug-likeness (QED) is 0.876. The van der Waals surface area contributed by atoms with E-state index in [0.717, 1.165) is 12.0 Å². The van der Waals surface area contributed by atoms with Gasteiger partial charge < -0.3 is 5.32 Å². The lowest BCUT2D eigenvalue weighted by Crippen LogP contribution is -2.29. The summed E-state index contributed by atoms with van der Waals surface area (Å²) in [5, 5.41) is 3.13. The highest BCUT2D eigenvalue weighted by molar-refractivity contribution is 7.89. The van der Waals surface area contributed by atoms with Crippen molar-refractivity contribution in [1.29, 1.82) is 0 Å². The molecule has 0 bridgehead atoms. The molecule has 1 aliphatic rings. The first-order chi connectivity index (χ1) is 9.36. The van der Waals surface area contributed by atoms with Crippen LogP contribution in [-0.2, 0) is 10.0 Å². The van der Waals surface area contributed by atoms with Crippen LogP contribution in [0.5, 0.6) is 0 Å². The SMILES string of the molecule is CNC(C)c1cccc(S(=O)(=O)N(C)CC2CC2C)c1. The topological polar surface area (TPSA) is 49.4 Å². The van der Waals surface area contributed by atoms with Gasteiger partial charge in [0.1, 0.15) is 0 Å². The van der Waals surface area contributed by atoms with Crippen LogP contribution in [-0.4, -0.2) is 33.4 Å². The molecule has 0 aliphatic heterocycles. The molecule has 0 amide bonds. The molecule has 3 unspecified atom stereocenters. The second-order valence-corrected chi connectivity index (χ2v) is 7.89. The predicted octanol–water partition coefficient (Wildman–Crippen LogP) is 2.24. The molecule has 0 spiro atoms. The molecule has 1 saturated carbocycles. The van der Waals surface area contributed by atoms with Gasteiger partial charge in [0.05, 0.1) is 4.90 Å². The Morgan fingerprint density at radius 3 is 2.65 bits per heavy atom. The van der Waals surface area contributed by atoms with Gasteiger partial charge in [-0.25, -0.2) is 12.7 Å². The summed E-state index contributed by atoms with van der Waals surface area (Å²) in [6.07, 6.45) is 1.14. The average molecular weight is 296 g/mol. The molecule has 4 nitrogen and oxygen atoms in total. The molecule has 20 heavy (non-hydrogen) atoms. The molecule has 0 radical (unpaired) electrons. The fourth-order valence-corrected chi connectivity index (χ4v) is 3.66. The van der Waals surface area contributed by atoms with Crippen LogP contribution in [0.1, 0.15) is 31.9 Å². The number of hydrogen-bond donors (Lipinski definition) is 1. The van der Waals surface area contributed by atoms with Crippen molar-refractivity contribution in [3.63, 3.8) is 0 Å². The van der Waals surface area contributed by atoms with Crippen LogP contribution in [0.2, 0.25) is 0 Å². The van der Waals surface area contributed by atoms with Crippen molar-refractivity contribution in [3.05, 3.63) is 29.8 Å². The number of hydrogen-bond acceptors (Lipinski definition) is 3. The van der Waals surface area contributed by atoms with Gasteiger partial charge in [0.2, 0.25) is 10.0 Å². The van der Waals surface area contributed by atoms with Gasteiger partial charge in [0.25, 0.3) is 0 Å². The summed E-state index contributed by atoms with van der Waals surface area (Å²) in [6.45, 7) is 4.80. The Balaban J connectivity index is 2.20. The van der Waals surface area contributed by atoms with Crippen LogP contribution < -0.4 is 5.32 Å². The van der Waals surface area contributed by atoms with Gasteiger partial charge in [0.15, 0.2) is 0 Å². The highest BCUT2D eigenvalue weighted by Crippen LogP contribution is 2.38. The number of rotatable bonds is 6. The fourth-order valence-electron chi connectivity index (χ4n) is 2.37. The van der Waals surface area contributed by atoms with E-state index in [2.05, 4.69) is 12.2 Å². The molecular weight excluding hydrogens is 272 g/mol. The Bertz CT molecular complexity index is 571. The van der Waals surface area contributed by atoms with Crippen molar-refractivity contribution in [2.24, 2.45) is 11.8 Å². The van der Waals surface area contributed by atoms with Crippen LogP contribution >= 0.6 is 0 Å². The van der Waals surface area contributed by atoms with E-state index < -0.39 is 10.0 Å². The number of nitrogens with zero attached hydrogens (tertiary/aromatic N) is 1. The summed E-state index contributed by atoms with van der Waals surface area (Å²) in [7, 11) is 0.166. The van der Waals surface area contributed by atoms with Gasteiger partial charge in [0, 0.05) is 19.6 Å². The molecule has 3 atom stereocenters. The number of sulfonamides is 1. The summed E-state index contributed by atoms with van der Waals surface area (Å²) in [6, 6.07) is 7.34. The Hall–Kier alpha value is -0.910. The summed E-state index contributed by atoms with van der Waals surface area (Å²) >= 11 is 0. The van der Waals surface area contributed by atoms with Crippen molar-refractivity contribution in [3.8, 4) is 0 Å². The number of benzene rings is 1. The van der Waals surface area contributed by atoms with E-state index in [1.165, 1.54) is 4.31 Å². The van der Waals surface area contributed by atoms with E-state index in [9.17, 15) is 8.42 Å². The maximum atomic E-state index is 12.6. The average Bonchev–Trinajstić information content (AvgIpc) is 3.13. The highest BCUT2D eigenvalue weighted by Gasteiger charge is 2.36. The summed E-state index contributed by atoms with van der Waals surface area (Å²) in [5.74, 6) is 1.18.